The Morgan fingerprint density at radius 2 is 2.07 bits per heavy atom. The molecular weight excluding hydrogens is 233 g/mol. The van der Waals surface area contributed by atoms with Crippen molar-refractivity contribution in [3.05, 3.63) is 28.2 Å². The largest absolute Gasteiger partial charge is 0.489 e. The van der Waals surface area contributed by atoms with Gasteiger partial charge in [0.1, 0.15) is 11.9 Å². The quantitative estimate of drug-likeness (QED) is 0.884. The molecule has 1 fully saturated rings. The highest BCUT2D eigenvalue weighted by Gasteiger charge is 2.29. The first-order valence-corrected chi connectivity index (χ1v) is 5.73. The molecule has 0 aliphatic heterocycles. The highest BCUT2D eigenvalue weighted by molar-refractivity contribution is 6.35. The van der Waals surface area contributed by atoms with Gasteiger partial charge in [-0.15, -0.1) is 0 Å². The zero-order chi connectivity index (χ0) is 10.8. The maximum absolute atomic E-state index is 6.00. The number of benzene rings is 1. The summed E-state index contributed by atoms with van der Waals surface area (Å²) in [7, 11) is 1.97. The molecule has 2 rings (SSSR count). The molecule has 0 spiro atoms. The maximum atomic E-state index is 6.00. The van der Waals surface area contributed by atoms with E-state index in [9.17, 15) is 0 Å². The van der Waals surface area contributed by atoms with E-state index in [-0.39, 0.29) is 6.10 Å². The number of halogens is 2. The fraction of sp³-hybridized carbons (Fsp3) is 0.455. The maximum Gasteiger partial charge on any atom is 0.138 e. The molecule has 15 heavy (non-hydrogen) atoms. The molecule has 0 unspecified atom stereocenters. The van der Waals surface area contributed by atoms with Crippen LogP contribution in [-0.2, 0) is 0 Å². The molecule has 0 aromatic heterocycles. The van der Waals surface area contributed by atoms with Crippen molar-refractivity contribution in [3.8, 4) is 5.75 Å². The lowest BCUT2D eigenvalue weighted by Gasteiger charge is -2.35. The SMILES string of the molecule is CNC1CC(Oc2ccc(Cl)cc2Cl)C1. The summed E-state index contributed by atoms with van der Waals surface area (Å²) in [6.07, 6.45) is 2.35. The van der Waals surface area contributed by atoms with Gasteiger partial charge in [0.05, 0.1) is 5.02 Å². The zero-order valence-electron chi connectivity index (χ0n) is 8.47. The number of nitrogens with one attached hydrogen (secondary N) is 1. The van der Waals surface area contributed by atoms with E-state index in [1.54, 1.807) is 12.1 Å². The van der Waals surface area contributed by atoms with Gasteiger partial charge in [0, 0.05) is 11.1 Å². The van der Waals surface area contributed by atoms with E-state index in [1.807, 2.05) is 13.1 Å². The molecule has 4 heteroatoms. The summed E-state index contributed by atoms with van der Waals surface area (Å²) in [5.41, 5.74) is 0. The van der Waals surface area contributed by atoms with Crippen LogP contribution in [0.1, 0.15) is 12.8 Å². The lowest BCUT2D eigenvalue weighted by atomic mass is 9.89. The third-order valence-corrected chi connectivity index (χ3v) is 3.22. The van der Waals surface area contributed by atoms with E-state index < -0.39 is 0 Å². The highest BCUT2D eigenvalue weighted by atomic mass is 35.5. The van der Waals surface area contributed by atoms with Crippen LogP contribution in [0.4, 0.5) is 0 Å². The molecule has 0 bridgehead atoms. The minimum absolute atomic E-state index is 0.279. The average molecular weight is 246 g/mol. The van der Waals surface area contributed by atoms with Crippen LogP contribution in [0.3, 0.4) is 0 Å². The number of ether oxygens (including phenoxy) is 1. The molecule has 1 saturated carbocycles. The highest BCUT2D eigenvalue weighted by Crippen LogP contribution is 2.32. The Kier molecular flexibility index (Phi) is 3.39. The number of hydrogen-bond donors (Lipinski definition) is 1. The van der Waals surface area contributed by atoms with Crippen LogP contribution in [0.2, 0.25) is 10.0 Å². The zero-order valence-corrected chi connectivity index (χ0v) is 9.98. The normalized spacial score (nSPS) is 24.7. The van der Waals surface area contributed by atoms with Gasteiger partial charge in [-0.3, -0.25) is 0 Å². The van der Waals surface area contributed by atoms with Crippen LogP contribution in [0.15, 0.2) is 18.2 Å². The average Bonchev–Trinajstić information content (AvgIpc) is 2.13. The van der Waals surface area contributed by atoms with Crippen LogP contribution in [0, 0.1) is 0 Å². The molecule has 82 valence electrons. The second-order valence-corrected chi connectivity index (χ2v) is 4.62. The van der Waals surface area contributed by atoms with Crippen molar-refractivity contribution in [2.45, 2.75) is 25.0 Å². The first kappa shape index (κ1) is 11.1. The minimum atomic E-state index is 0.279. The Labute approximate surface area is 99.5 Å². The van der Waals surface area contributed by atoms with Crippen molar-refractivity contribution >= 4 is 23.2 Å². The Hall–Kier alpha value is -0.440. The number of rotatable bonds is 3. The van der Waals surface area contributed by atoms with Gasteiger partial charge in [0.25, 0.3) is 0 Å². The molecule has 1 aliphatic carbocycles. The van der Waals surface area contributed by atoms with Gasteiger partial charge >= 0.3 is 0 Å². The molecule has 0 atom stereocenters. The third-order valence-electron chi connectivity index (χ3n) is 2.69. The van der Waals surface area contributed by atoms with Crippen LogP contribution in [-0.4, -0.2) is 19.2 Å². The molecule has 1 N–H and O–H groups in total. The summed E-state index contributed by atoms with van der Waals surface area (Å²) in [6.45, 7) is 0. The van der Waals surface area contributed by atoms with Gasteiger partial charge in [-0.25, -0.2) is 0 Å². The third kappa shape index (κ3) is 2.57. The molecule has 0 amide bonds. The van der Waals surface area contributed by atoms with Crippen molar-refractivity contribution in [2.75, 3.05) is 7.05 Å². The first-order chi connectivity index (χ1) is 7.19. The van der Waals surface area contributed by atoms with Gasteiger partial charge in [-0.05, 0) is 38.1 Å². The summed E-state index contributed by atoms with van der Waals surface area (Å²) < 4.78 is 5.74. The predicted octanol–water partition coefficient (Wildman–Crippen LogP) is 3.12. The molecule has 1 aromatic rings. The molecule has 1 aromatic carbocycles. The van der Waals surface area contributed by atoms with Gasteiger partial charge in [0.2, 0.25) is 0 Å². The Morgan fingerprint density at radius 1 is 1.33 bits per heavy atom. The summed E-state index contributed by atoms with van der Waals surface area (Å²) in [4.78, 5) is 0. The molecular formula is C11H13Cl2NO. The van der Waals surface area contributed by atoms with Crippen molar-refractivity contribution in [1.82, 2.24) is 5.32 Å². The Balaban J connectivity index is 1.94. The summed E-state index contributed by atoms with van der Waals surface area (Å²) in [5, 5.41) is 4.42. The first-order valence-electron chi connectivity index (χ1n) is 4.98. The van der Waals surface area contributed by atoms with Gasteiger partial charge in [-0.1, -0.05) is 23.2 Å². The smallest absolute Gasteiger partial charge is 0.138 e. The second-order valence-electron chi connectivity index (χ2n) is 3.77. The van der Waals surface area contributed by atoms with E-state index in [1.165, 1.54) is 0 Å². The van der Waals surface area contributed by atoms with Crippen LogP contribution < -0.4 is 10.1 Å². The lowest BCUT2D eigenvalue weighted by molar-refractivity contribution is 0.0886. The van der Waals surface area contributed by atoms with E-state index in [2.05, 4.69) is 5.32 Å². The minimum Gasteiger partial charge on any atom is -0.489 e. The van der Waals surface area contributed by atoms with Gasteiger partial charge < -0.3 is 10.1 Å². The molecule has 0 saturated heterocycles. The van der Waals surface area contributed by atoms with E-state index >= 15 is 0 Å². The summed E-state index contributed by atoms with van der Waals surface area (Å²) >= 11 is 11.8. The van der Waals surface area contributed by atoms with Crippen LogP contribution >= 0.6 is 23.2 Å². The Morgan fingerprint density at radius 3 is 2.67 bits per heavy atom. The monoisotopic (exact) mass is 245 g/mol. The molecule has 0 heterocycles. The van der Waals surface area contributed by atoms with E-state index in [4.69, 9.17) is 27.9 Å². The molecule has 1 aliphatic rings. The predicted molar refractivity (Wildman–Crippen MR) is 63.0 cm³/mol. The fourth-order valence-electron chi connectivity index (χ4n) is 1.65. The summed E-state index contributed by atoms with van der Waals surface area (Å²) in [5.74, 6) is 0.723. The number of hydrogen-bond acceptors (Lipinski definition) is 2. The lowest BCUT2D eigenvalue weighted by Crippen LogP contribution is -2.45. The van der Waals surface area contributed by atoms with Gasteiger partial charge in [-0.2, -0.15) is 0 Å². The summed E-state index contributed by atoms with van der Waals surface area (Å²) in [6, 6.07) is 5.89. The van der Waals surface area contributed by atoms with Crippen molar-refractivity contribution < 1.29 is 4.74 Å². The molecule has 0 radical (unpaired) electrons. The molecule has 2 nitrogen and oxygen atoms in total. The van der Waals surface area contributed by atoms with Crippen LogP contribution in [0.5, 0.6) is 5.75 Å². The standard InChI is InChI=1S/C11H13Cl2NO/c1-14-8-5-9(6-8)15-11-3-2-7(12)4-10(11)13/h2-4,8-9,14H,5-6H2,1H3. The Bertz CT molecular complexity index is 350. The van der Waals surface area contributed by atoms with Crippen LogP contribution in [0.25, 0.3) is 0 Å². The topological polar surface area (TPSA) is 21.3 Å². The van der Waals surface area contributed by atoms with E-state index in [0.717, 1.165) is 18.6 Å². The van der Waals surface area contributed by atoms with Crippen molar-refractivity contribution in [1.29, 1.82) is 0 Å². The van der Waals surface area contributed by atoms with Crippen molar-refractivity contribution in [3.63, 3.8) is 0 Å². The second kappa shape index (κ2) is 4.60. The van der Waals surface area contributed by atoms with Crippen molar-refractivity contribution in [2.24, 2.45) is 0 Å². The van der Waals surface area contributed by atoms with Gasteiger partial charge in [0.15, 0.2) is 0 Å². The fourth-order valence-corrected chi connectivity index (χ4v) is 2.10. The van der Waals surface area contributed by atoms with E-state index in [0.29, 0.717) is 16.1 Å².